The van der Waals surface area contributed by atoms with Crippen molar-refractivity contribution in [2.24, 2.45) is 0 Å². The number of aryl methyl sites for hydroxylation is 1. The van der Waals surface area contributed by atoms with E-state index in [2.05, 4.69) is 5.32 Å². The summed E-state index contributed by atoms with van der Waals surface area (Å²) in [5, 5.41) is 13.6. The number of aliphatic carboxylic acids is 1. The highest BCUT2D eigenvalue weighted by molar-refractivity contribution is 6.30. The largest absolute Gasteiger partial charge is 0.546 e. The Morgan fingerprint density at radius 3 is 2.48 bits per heavy atom. The van der Waals surface area contributed by atoms with Crippen molar-refractivity contribution < 1.29 is 24.2 Å². The molecule has 1 amide bonds. The van der Waals surface area contributed by atoms with Gasteiger partial charge in [-0.15, -0.1) is 0 Å². The molecular weight excluding hydrogens is 346 g/mol. The molecule has 0 aliphatic heterocycles. The number of halogens is 1. The number of hydrogen-bond acceptors (Lipinski definition) is 5. The van der Waals surface area contributed by atoms with Gasteiger partial charge < -0.3 is 24.7 Å². The summed E-state index contributed by atoms with van der Waals surface area (Å²) in [6, 6.07) is 11.5. The van der Waals surface area contributed by atoms with Crippen molar-refractivity contribution in [3.63, 3.8) is 0 Å². The third-order valence-electron chi connectivity index (χ3n) is 3.29. The lowest BCUT2D eigenvalue weighted by Crippen LogP contribution is -2.30. The second-order valence-electron chi connectivity index (χ2n) is 5.34. The van der Waals surface area contributed by atoms with E-state index in [-0.39, 0.29) is 5.91 Å². The summed E-state index contributed by atoms with van der Waals surface area (Å²) in [6.07, 6.45) is -0.714. The van der Waals surface area contributed by atoms with Gasteiger partial charge in [-0.25, -0.2) is 0 Å². The summed E-state index contributed by atoms with van der Waals surface area (Å²) >= 11 is 5.89. The number of anilines is 1. The molecule has 2 aromatic rings. The lowest BCUT2D eigenvalue weighted by atomic mass is 10.2. The summed E-state index contributed by atoms with van der Waals surface area (Å²) in [7, 11) is 0. The Kier molecular flexibility index (Phi) is 6.25. The van der Waals surface area contributed by atoms with Gasteiger partial charge in [0.1, 0.15) is 18.1 Å². The minimum Gasteiger partial charge on any atom is -0.546 e. The summed E-state index contributed by atoms with van der Waals surface area (Å²) in [5.41, 5.74) is 1.37. The van der Waals surface area contributed by atoms with E-state index in [1.165, 1.54) is 0 Å². The number of carboxylic acid groups (broad SMARTS) is 1. The van der Waals surface area contributed by atoms with Gasteiger partial charge in [0.05, 0.1) is 5.97 Å². The van der Waals surface area contributed by atoms with Crippen molar-refractivity contribution in [2.45, 2.75) is 20.0 Å². The quantitative estimate of drug-likeness (QED) is 0.815. The zero-order valence-corrected chi connectivity index (χ0v) is 14.5. The van der Waals surface area contributed by atoms with Crippen molar-refractivity contribution >= 4 is 29.2 Å². The molecule has 1 N–H and O–H groups in total. The molecule has 6 nitrogen and oxygen atoms in total. The maximum atomic E-state index is 12.2. The molecule has 7 heteroatoms. The van der Waals surface area contributed by atoms with Crippen LogP contribution in [0.2, 0.25) is 5.02 Å². The summed E-state index contributed by atoms with van der Waals surface area (Å²) < 4.78 is 10.6. The number of carboxylic acids is 1. The maximum Gasteiger partial charge on any atom is 0.265 e. The highest BCUT2D eigenvalue weighted by atomic mass is 35.5. The van der Waals surface area contributed by atoms with Crippen LogP contribution in [0.5, 0.6) is 11.5 Å². The molecule has 25 heavy (non-hydrogen) atoms. The van der Waals surface area contributed by atoms with Gasteiger partial charge in [0, 0.05) is 10.7 Å². The second-order valence-corrected chi connectivity index (χ2v) is 5.78. The summed E-state index contributed by atoms with van der Waals surface area (Å²) in [4.78, 5) is 22.6. The van der Waals surface area contributed by atoms with Crippen LogP contribution < -0.4 is 19.9 Å². The molecule has 0 fully saturated rings. The summed E-state index contributed by atoms with van der Waals surface area (Å²) in [5.74, 6) is -0.681. The minimum atomic E-state index is -1.30. The second kappa shape index (κ2) is 8.39. The fourth-order valence-electron chi connectivity index (χ4n) is 2.01. The summed E-state index contributed by atoms with van der Waals surface area (Å²) in [6.45, 7) is 2.95. The standard InChI is InChI=1S/C18H18ClNO5/c1-11-9-13(19)3-8-16(11)25-12(2)18(23)20-14-4-6-15(7-5-14)24-10-17(21)22/h3-9,12H,10H2,1-2H3,(H,20,23)(H,21,22)/p-1/t12-/m1/s1. The average molecular weight is 363 g/mol. The number of ether oxygens (including phenoxy) is 2. The van der Waals surface area contributed by atoms with Crippen molar-refractivity contribution in [1.82, 2.24) is 0 Å². The monoisotopic (exact) mass is 362 g/mol. The maximum absolute atomic E-state index is 12.2. The fraction of sp³-hybridized carbons (Fsp3) is 0.222. The number of hydrogen-bond donors (Lipinski definition) is 1. The normalized spacial score (nSPS) is 11.5. The predicted molar refractivity (Wildman–Crippen MR) is 91.9 cm³/mol. The molecule has 0 spiro atoms. The molecule has 0 saturated heterocycles. The predicted octanol–water partition coefficient (Wildman–Crippen LogP) is 2.18. The van der Waals surface area contributed by atoms with E-state index in [1.807, 2.05) is 6.92 Å². The van der Waals surface area contributed by atoms with Crippen molar-refractivity contribution in [1.29, 1.82) is 0 Å². The Hall–Kier alpha value is -2.73. The number of amides is 1. The van der Waals surface area contributed by atoms with E-state index < -0.39 is 18.7 Å². The zero-order valence-electron chi connectivity index (χ0n) is 13.7. The molecular formula is C18H17ClNO5-. The number of carbonyl (C=O) groups excluding carboxylic acids is 2. The number of rotatable bonds is 7. The van der Waals surface area contributed by atoms with Crippen LogP contribution in [0.25, 0.3) is 0 Å². The zero-order chi connectivity index (χ0) is 18.4. The Morgan fingerprint density at radius 1 is 1.20 bits per heavy atom. The van der Waals surface area contributed by atoms with Gasteiger partial charge >= 0.3 is 0 Å². The van der Waals surface area contributed by atoms with E-state index >= 15 is 0 Å². The first-order valence-electron chi connectivity index (χ1n) is 7.51. The van der Waals surface area contributed by atoms with Gasteiger partial charge in [0.15, 0.2) is 6.10 Å². The Morgan fingerprint density at radius 2 is 1.88 bits per heavy atom. The highest BCUT2D eigenvalue weighted by Crippen LogP contribution is 2.23. The lowest BCUT2D eigenvalue weighted by molar-refractivity contribution is -0.307. The van der Waals surface area contributed by atoms with Crippen LogP contribution in [0.1, 0.15) is 12.5 Å². The van der Waals surface area contributed by atoms with E-state index in [0.29, 0.717) is 22.2 Å². The van der Waals surface area contributed by atoms with Crippen molar-refractivity contribution in [3.05, 3.63) is 53.1 Å². The molecule has 1 atom stereocenters. The first kappa shape index (κ1) is 18.6. The first-order chi connectivity index (χ1) is 11.8. The van der Waals surface area contributed by atoms with E-state index in [0.717, 1.165) is 5.56 Å². The SMILES string of the molecule is Cc1cc(Cl)ccc1O[C@H](C)C(=O)Nc1ccc(OCC(=O)[O-])cc1. The molecule has 2 aromatic carbocycles. The van der Waals surface area contributed by atoms with Gasteiger partial charge in [-0.2, -0.15) is 0 Å². The number of benzene rings is 2. The molecule has 132 valence electrons. The van der Waals surface area contributed by atoms with Gasteiger partial charge in [-0.1, -0.05) is 11.6 Å². The van der Waals surface area contributed by atoms with E-state index in [4.69, 9.17) is 21.1 Å². The first-order valence-corrected chi connectivity index (χ1v) is 7.89. The van der Waals surface area contributed by atoms with Gasteiger partial charge in [-0.3, -0.25) is 4.79 Å². The molecule has 0 bridgehead atoms. The molecule has 0 heterocycles. The molecule has 0 aliphatic carbocycles. The molecule has 2 rings (SSSR count). The van der Waals surface area contributed by atoms with Crippen LogP contribution in [0, 0.1) is 6.92 Å². The van der Waals surface area contributed by atoms with E-state index in [9.17, 15) is 14.7 Å². The average Bonchev–Trinajstić information content (AvgIpc) is 2.56. The smallest absolute Gasteiger partial charge is 0.265 e. The Balaban J connectivity index is 1.93. The van der Waals surface area contributed by atoms with Gasteiger partial charge in [0.25, 0.3) is 5.91 Å². The molecule has 0 radical (unpaired) electrons. The number of nitrogens with one attached hydrogen (secondary N) is 1. The Bertz CT molecular complexity index is 761. The van der Waals surface area contributed by atoms with Crippen LogP contribution in [0.3, 0.4) is 0 Å². The third-order valence-corrected chi connectivity index (χ3v) is 3.52. The minimum absolute atomic E-state index is 0.322. The van der Waals surface area contributed by atoms with Crippen LogP contribution in [-0.2, 0) is 9.59 Å². The van der Waals surface area contributed by atoms with Crippen LogP contribution in [0.15, 0.2) is 42.5 Å². The topological polar surface area (TPSA) is 87.7 Å². The molecule has 0 aromatic heterocycles. The van der Waals surface area contributed by atoms with Crippen LogP contribution in [-0.4, -0.2) is 24.6 Å². The van der Waals surface area contributed by atoms with Crippen molar-refractivity contribution in [2.75, 3.05) is 11.9 Å². The van der Waals surface area contributed by atoms with Gasteiger partial charge in [0.2, 0.25) is 0 Å². The van der Waals surface area contributed by atoms with Crippen LogP contribution in [0.4, 0.5) is 5.69 Å². The molecule has 0 unspecified atom stereocenters. The third kappa shape index (κ3) is 5.69. The fourth-order valence-corrected chi connectivity index (χ4v) is 2.24. The lowest BCUT2D eigenvalue weighted by Gasteiger charge is -2.16. The Labute approximate surface area is 150 Å². The number of carbonyl (C=O) groups is 2. The van der Waals surface area contributed by atoms with Crippen molar-refractivity contribution in [3.8, 4) is 11.5 Å². The van der Waals surface area contributed by atoms with Gasteiger partial charge in [-0.05, 0) is 61.9 Å². The molecule has 0 saturated carbocycles. The molecule has 0 aliphatic rings. The highest BCUT2D eigenvalue weighted by Gasteiger charge is 2.16. The van der Waals surface area contributed by atoms with E-state index in [1.54, 1.807) is 49.4 Å². The van der Waals surface area contributed by atoms with Crippen LogP contribution >= 0.6 is 11.6 Å².